The van der Waals surface area contributed by atoms with Crippen molar-refractivity contribution < 1.29 is 18.7 Å². The molecule has 0 aliphatic heterocycles. The van der Waals surface area contributed by atoms with E-state index in [1.165, 1.54) is 24.3 Å². The number of benzene rings is 4. The number of hydrogen-bond donors (Lipinski definition) is 1. The zero-order valence-electron chi connectivity index (χ0n) is 19.4. The van der Waals surface area contributed by atoms with Crippen molar-refractivity contribution in [1.29, 1.82) is 5.26 Å². The summed E-state index contributed by atoms with van der Waals surface area (Å²) in [4.78, 5) is 12.6. The van der Waals surface area contributed by atoms with Crippen LogP contribution < -0.4 is 14.8 Å². The number of nitrogens with one attached hydrogen (secondary N) is 1. The molecule has 0 fully saturated rings. The van der Waals surface area contributed by atoms with Gasteiger partial charge in [-0.25, -0.2) is 4.39 Å². The summed E-state index contributed by atoms with van der Waals surface area (Å²) in [6.07, 6.45) is 1.41. The molecule has 180 valence electrons. The van der Waals surface area contributed by atoms with E-state index in [0.29, 0.717) is 34.7 Å². The predicted molar refractivity (Wildman–Crippen MR) is 142 cm³/mol. The lowest BCUT2D eigenvalue weighted by atomic mass is 10.1. The molecular weight excluding hydrogens is 523 g/mol. The van der Waals surface area contributed by atoms with E-state index in [9.17, 15) is 14.4 Å². The fraction of sp³-hybridized carbons (Fsp3) is 0.103. The van der Waals surface area contributed by atoms with Crippen LogP contribution in [-0.2, 0) is 11.4 Å². The number of rotatable bonds is 8. The van der Waals surface area contributed by atoms with Crippen LogP contribution in [0.25, 0.3) is 16.8 Å². The summed E-state index contributed by atoms with van der Waals surface area (Å²) in [5.41, 5.74) is 1.35. The fourth-order valence-electron chi connectivity index (χ4n) is 3.59. The molecule has 1 amide bonds. The van der Waals surface area contributed by atoms with Crippen molar-refractivity contribution in [1.82, 2.24) is 0 Å². The van der Waals surface area contributed by atoms with Crippen LogP contribution in [0.1, 0.15) is 18.1 Å². The molecule has 7 heteroatoms. The van der Waals surface area contributed by atoms with Crippen molar-refractivity contribution in [3.05, 3.63) is 106 Å². The predicted octanol–water partition coefficient (Wildman–Crippen LogP) is 7.26. The van der Waals surface area contributed by atoms with Gasteiger partial charge >= 0.3 is 0 Å². The Kier molecular flexibility index (Phi) is 7.99. The third-order valence-electron chi connectivity index (χ3n) is 5.36. The lowest BCUT2D eigenvalue weighted by molar-refractivity contribution is -0.112. The molecule has 0 spiro atoms. The normalized spacial score (nSPS) is 11.1. The SMILES string of the molecule is CCOc1cc(/C=C(/C#N)C(=O)Nc2ccccc2F)c(Br)cc1OCc1ccc2ccccc2c1. The Morgan fingerprint density at radius 1 is 1.00 bits per heavy atom. The zero-order valence-corrected chi connectivity index (χ0v) is 21.0. The van der Waals surface area contributed by atoms with Gasteiger partial charge < -0.3 is 14.8 Å². The Bertz CT molecular complexity index is 1490. The largest absolute Gasteiger partial charge is 0.490 e. The summed E-state index contributed by atoms with van der Waals surface area (Å²) >= 11 is 3.50. The molecule has 0 saturated carbocycles. The van der Waals surface area contributed by atoms with E-state index in [0.717, 1.165) is 16.3 Å². The van der Waals surface area contributed by atoms with E-state index in [4.69, 9.17) is 9.47 Å². The topological polar surface area (TPSA) is 71.3 Å². The van der Waals surface area contributed by atoms with Crippen LogP contribution in [-0.4, -0.2) is 12.5 Å². The lowest BCUT2D eigenvalue weighted by Gasteiger charge is -2.14. The summed E-state index contributed by atoms with van der Waals surface area (Å²) in [5, 5.41) is 14.3. The number of anilines is 1. The molecule has 0 aliphatic rings. The average molecular weight is 545 g/mol. The quantitative estimate of drug-likeness (QED) is 0.187. The molecule has 4 rings (SSSR count). The Morgan fingerprint density at radius 2 is 1.72 bits per heavy atom. The molecule has 0 heterocycles. The first kappa shape index (κ1) is 25.0. The van der Waals surface area contributed by atoms with Crippen LogP contribution in [0.15, 0.2) is 88.9 Å². The molecule has 5 nitrogen and oxygen atoms in total. The number of amides is 1. The number of fused-ring (bicyclic) bond motifs is 1. The number of carbonyl (C=O) groups is 1. The maximum Gasteiger partial charge on any atom is 0.266 e. The molecule has 4 aromatic carbocycles. The monoisotopic (exact) mass is 544 g/mol. The third-order valence-corrected chi connectivity index (χ3v) is 6.04. The van der Waals surface area contributed by atoms with Crippen molar-refractivity contribution in [3.63, 3.8) is 0 Å². The molecule has 36 heavy (non-hydrogen) atoms. The van der Waals surface area contributed by atoms with Gasteiger partial charge in [0.2, 0.25) is 0 Å². The molecule has 0 aliphatic carbocycles. The van der Waals surface area contributed by atoms with Gasteiger partial charge in [0, 0.05) is 4.47 Å². The second-order valence-electron chi connectivity index (χ2n) is 7.83. The van der Waals surface area contributed by atoms with Gasteiger partial charge in [-0.1, -0.05) is 64.5 Å². The van der Waals surface area contributed by atoms with Crippen LogP contribution in [0.4, 0.5) is 10.1 Å². The third kappa shape index (κ3) is 5.91. The number of nitrogens with zero attached hydrogens (tertiary/aromatic N) is 1. The second kappa shape index (κ2) is 11.5. The van der Waals surface area contributed by atoms with E-state index in [-0.39, 0.29) is 11.3 Å². The van der Waals surface area contributed by atoms with E-state index >= 15 is 0 Å². The van der Waals surface area contributed by atoms with Crippen molar-refractivity contribution in [2.75, 3.05) is 11.9 Å². The molecular formula is C29H22BrFN2O3. The summed E-state index contributed by atoms with van der Waals surface area (Å²) in [6, 6.07) is 25.3. The molecule has 0 radical (unpaired) electrons. The van der Waals surface area contributed by atoms with Crippen LogP contribution in [0, 0.1) is 17.1 Å². The highest BCUT2D eigenvalue weighted by Crippen LogP contribution is 2.35. The Morgan fingerprint density at radius 3 is 2.47 bits per heavy atom. The smallest absolute Gasteiger partial charge is 0.266 e. The number of nitriles is 1. The number of para-hydroxylation sites is 1. The van der Waals surface area contributed by atoms with Gasteiger partial charge in [-0.15, -0.1) is 0 Å². The molecule has 1 N–H and O–H groups in total. The van der Waals surface area contributed by atoms with Gasteiger partial charge in [-0.05, 0) is 65.2 Å². The highest BCUT2D eigenvalue weighted by molar-refractivity contribution is 9.10. The zero-order chi connectivity index (χ0) is 25.5. The van der Waals surface area contributed by atoms with Crippen molar-refractivity contribution in [2.24, 2.45) is 0 Å². The van der Waals surface area contributed by atoms with Crippen LogP contribution in [0.2, 0.25) is 0 Å². The van der Waals surface area contributed by atoms with Crippen molar-refractivity contribution in [2.45, 2.75) is 13.5 Å². The second-order valence-corrected chi connectivity index (χ2v) is 8.68. The molecule has 0 aromatic heterocycles. The molecule has 0 bridgehead atoms. The van der Waals surface area contributed by atoms with Gasteiger partial charge in [0.1, 0.15) is 24.1 Å². The number of carbonyl (C=O) groups excluding carboxylic acids is 1. The number of ether oxygens (including phenoxy) is 2. The van der Waals surface area contributed by atoms with Gasteiger partial charge in [0.25, 0.3) is 5.91 Å². The van der Waals surface area contributed by atoms with Crippen LogP contribution in [0.5, 0.6) is 11.5 Å². The van der Waals surface area contributed by atoms with E-state index in [1.807, 2.05) is 31.2 Å². The van der Waals surface area contributed by atoms with Crippen molar-refractivity contribution in [3.8, 4) is 17.6 Å². The van der Waals surface area contributed by atoms with Crippen LogP contribution in [0.3, 0.4) is 0 Å². The van der Waals surface area contributed by atoms with Gasteiger partial charge in [-0.3, -0.25) is 4.79 Å². The molecule has 0 unspecified atom stereocenters. The van der Waals surface area contributed by atoms with Gasteiger partial charge in [0.05, 0.1) is 12.3 Å². The van der Waals surface area contributed by atoms with E-state index < -0.39 is 11.7 Å². The Labute approximate surface area is 216 Å². The Hall–Kier alpha value is -4.15. The average Bonchev–Trinajstić information content (AvgIpc) is 2.89. The number of halogens is 2. The van der Waals surface area contributed by atoms with Gasteiger partial charge in [-0.2, -0.15) is 5.26 Å². The first-order valence-electron chi connectivity index (χ1n) is 11.2. The molecule has 0 atom stereocenters. The Balaban J connectivity index is 1.57. The molecule has 0 saturated heterocycles. The first-order chi connectivity index (χ1) is 17.5. The van der Waals surface area contributed by atoms with Crippen molar-refractivity contribution >= 4 is 44.4 Å². The lowest BCUT2D eigenvalue weighted by Crippen LogP contribution is -2.14. The highest BCUT2D eigenvalue weighted by atomic mass is 79.9. The minimum atomic E-state index is -0.718. The summed E-state index contributed by atoms with van der Waals surface area (Å²) in [5.74, 6) is -0.317. The maximum absolute atomic E-state index is 13.9. The standard InChI is InChI=1S/C29H22BrFN2O3/c1-2-35-27-15-22(14-23(17-32)29(34)33-26-10-6-5-9-25(26)31)24(30)16-28(27)36-18-19-11-12-20-7-3-4-8-21(20)13-19/h3-16H,2,18H2,1H3,(H,33,34)/b23-14-. The summed E-state index contributed by atoms with van der Waals surface area (Å²) in [6.45, 7) is 2.59. The number of hydrogen-bond acceptors (Lipinski definition) is 4. The minimum Gasteiger partial charge on any atom is -0.490 e. The van der Waals surface area contributed by atoms with Gasteiger partial charge in [0.15, 0.2) is 11.5 Å². The highest BCUT2D eigenvalue weighted by Gasteiger charge is 2.15. The van der Waals surface area contributed by atoms with E-state index in [2.05, 4.69) is 45.5 Å². The van der Waals surface area contributed by atoms with E-state index in [1.54, 1.807) is 18.2 Å². The summed E-state index contributed by atoms with van der Waals surface area (Å²) in [7, 11) is 0. The minimum absolute atomic E-state index is 0.00448. The van der Waals surface area contributed by atoms with Crippen LogP contribution >= 0.6 is 15.9 Å². The maximum atomic E-state index is 13.9. The first-order valence-corrected chi connectivity index (χ1v) is 12.0. The summed E-state index contributed by atoms with van der Waals surface area (Å²) < 4.78 is 26.4. The fourth-order valence-corrected chi connectivity index (χ4v) is 4.03. The molecule has 4 aromatic rings.